The molecule has 1 aromatic carbocycles. The van der Waals surface area contributed by atoms with E-state index in [0.717, 1.165) is 42.3 Å². The zero-order valence-corrected chi connectivity index (χ0v) is 19.9. The highest BCUT2D eigenvalue weighted by Gasteiger charge is 2.28. The molecule has 1 saturated heterocycles. The monoisotopic (exact) mass is 448 g/mol. The standard InChI is InChI=1S/C23H36N4O3S/c1-4-11-27-22-10-9-20(31(28,29)26-12-14-30-15-13-26)16-21(22)24-23(27)17-25(3)19-7-5-18(2)6-8-19/h9-10,16,18-19H,4-8,11-15,17H2,1-3H3. The number of aryl methyl sites for hydroxylation is 1. The summed E-state index contributed by atoms with van der Waals surface area (Å²) >= 11 is 0. The number of sulfonamides is 1. The van der Waals surface area contributed by atoms with Gasteiger partial charge in [0.05, 0.1) is 35.7 Å². The largest absolute Gasteiger partial charge is 0.379 e. The Morgan fingerprint density at radius 1 is 1.16 bits per heavy atom. The number of nitrogens with zero attached hydrogens (tertiary/aromatic N) is 4. The number of ether oxygens (including phenoxy) is 1. The van der Waals surface area contributed by atoms with E-state index in [1.165, 1.54) is 30.0 Å². The summed E-state index contributed by atoms with van der Waals surface area (Å²) < 4.78 is 35.3. The Hall–Kier alpha value is -1.48. The smallest absolute Gasteiger partial charge is 0.243 e. The van der Waals surface area contributed by atoms with Gasteiger partial charge in [-0.15, -0.1) is 0 Å². The van der Waals surface area contributed by atoms with Crippen LogP contribution in [0.5, 0.6) is 0 Å². The minimum absolute atomic E-state index is 0.323. The Bertz CT molecular complexity index is 990. The fraction of sp³-hybridized carbons (Fsp3) is 0.696. The summed E-state index contributed by atoms with van der Waals surface area (Å²) in [5.74, 6) is 1.86. The predicted octanol–water partition coefficient (Wildman–Crippen LogP) is 3.48. The maximum absolute atomic E-state index is 13.1. The van der Waals surface area contributed by atoms with Crippen molar-refractivity contribution in [3.63, 3.8) is 0 Å². The van der Waals surface area contributed by atoms with Crippen LogP contribution in [0.4, 0.5) is 0 Å². The van der Waals surface area contributed by atoms with E-state index in [-0.39, 0.29) is 0 Å². The Kier molecular flexibility index (Phi) is 7.01. The average Bonchev–Trinajstić information content (AvgIpc) is 3.11. The van der Waals surface area contributed by atoms with Gasteiger partial charge in [-0.2, -0.15) is 4.31 Å². The fourth-order valence-electron chi connectivity index (χ4n) is 4.89. The molecule has 1 aliphatic heterocycles. The molecule has 8 heteroatoms. The summed E-state index contributed by atoms with van der Waals surface area (Å²) in [6.45, 7) is 7.89. The number of rotatable bonds is 7. The number of hydrogen-bond donors (Lipinski definition) is 0. The first-order valence-electron chi connectivity index (χ1n) is 11.7. The summed E-state index contributed by atoms with van der Waals surface area (Å²) in [6, 6.07) is 6.01. The van der Waals surface area contributed by atoms with E-state index in [2.05, 4.69) is 30.4 Å². The Morgan fingerprint density at radius 2 is 1.87 bits per heavy atom. The van der Waals surface area contributed by atoms with Crippen LogP contribution in [-0.4, -0.2) is 66.6 Å². The van der Waals surface area contributed by atoms with Crippen LogP contribution in [0, 0.1) is 5.92 Å². The van der Waals surface area contributed by atoms with Crippen LogP contribution in [0.15, 0.2) is 23.1 Å². The molecule has 0 spiro atoms. The van der Waals surface area contributed by atoms with Crippen molar-refractivity contribution >= 4 is 21.1 Å². The zero-order valence-electron chi connectivity index (χ0n) is 19.1. The lowest BCUT2D eigenvalue weighted by atomic mass is 9.87. The molecule has 2 aliphatic rings. The topological polar surface area (TPSA) is 67.7 Å². The molecule has 1 aliphatic carbocycles. The second-order valence-electron chi connectivity index (χ2n) is 9.18. The lowest BCUT2D eigenvalue weighted by Crippen LogP contribution is -2.40. The molecule has 4 rings (SSSR count). The first-order valence-corrected chi connectivity index (χ1v) is 13.1. The minimum atomic E-state index is -3.52. The van der Waals surface area contributed by atoms with E-state index in [9.17, 15) is 8.42 Å². The number of benzene rings is 1. The van der Waals surface area contributed by atoms with Crippen molar-refractivity contribution in [3.05, 3.63) is 24.0 Å². The van der Waals surface area contributed by atoms with E-state index in [0.29, 0.717) is 37.2 Å². The van der Waals surface area contributed by atoms with Crippen molar-refractivity contribution in [1.82, 2.24) is 18.8 Å². The number of morpholine rings is 1. The van der Waals surface area contributed by atoms with Gasteiger partial charge in [-0.1, -0.05) is 13.8 Å². The van der Waals surface area contributed by atoms with E-state index < -0.39 is 10.0 Å². The highest BCUT2D eigenvalue weighted by molar-refractivity contribution is 7.89. The van der Waals surface area contributed by atoms with E-state index in [4.69, 9.17) is 9.72 Å². The molecule has 172 valence electrons. The molecule has 0 unspecified atom stereocenters. The van der Waals surface area contributed by atoms with Gasteiger partial charge in [0.2, 0.25) is 10.0 Å². The maximum Gasteiger partial charge on any atom is 0.243 e. The molecule has 0 bridgehead atoms. The van der Waals surface area contributed by atoms with Gasteiger partial charge in [0, 0.05) is 25.7 Å². The molecule has 7 nitrogen and oxygen atoms in total. The summed E-state index contributed by atoms with van der Waals surface area (Å²) in [4.78, 5) is 7.67. The third-order valence-electron chi connectivity index (χ3n) is 6.85. The molecule has 0 N–H and O–H groups in total. The third kappa shape index (κ3) is 4.82. The van der Waals surface area contributed by atoms with Gasteiger partial charge in [-0.05, 0) is 63.3 Å². The van der Waals surface area contributed by atoms with Gasteiger partial charge in [0.1, 0.15) is 5.82 Å². The van der Waals surface area contributed by atoms with E-state index >= 15 is 0 Å². The third-order valence-corrected chi connectivity index (χ3v) is 8.75. The van der Waals surface area contributed by atoms with Crippen LogP contribution in [0.1, 0.15) is 51.8 Å². The first-order chi connectivity index (χ1) is 14.9. The second kappa shape index (κ2) is 9.57. The number of hydrogen-bond acceptors (Lipinski definition) is 5. The van der Waals surface area contributed by atoms with Gasteiger partial charge in [-0.3, -0.25) is 4.90 Å². The molecule has 1 saturated carbocycles. The van der Waals surface area contributed by atoms with Crippen LogP contribution in [0.2, 0.25) is 0 Å². The molecule has 1 aromatic heterocycles. The van der Waals surface area contributed by atoms with Crippen LogP contribution >= 0.6 is 0 Å². The van der Waals surface area contributed by atoms with Crippen molar-refractivity contribution in [2.75, 3.05) is 33.4 Å². The Labute approximate surface area is 186 Å². The summed E-state index contributed by atoms with van der Waals surface area (Å²) in [7, 11) is -1.32. The van der Waals surface area contributed by atoms with Crippen LogP contribution in [-0.2, 0) is 27.8 Å². The van der Waals surface area contributed by atoms with E-state index in [1.54, 1.807) is 12.1 Å². The molecular formula is C23H36N4O3S. The highest BCUT2D eigenvalue weighted by Crippen LogP contribution is 2.28. The molecule has 0 radical (unpaired) electrons. The first kappa shape index (κ1) is 22.7. The molecule has 2 heterocycles. The summed E-state index contributed by atoms with van der Waals surface area (Å²) in [5.41, 5.74) is 1.78. The fourth-order valence-corrected chi connectivity index (χ4v) is 6.31. The van der Waals surface area contributed by atoms with Gasteiger partial charge in [-0.25, -0.2) is 13.4 Å². The van der Waals surface area contributed by atoms with Crippen molar-refractivity contribution in [3.8, 4) is 0 Å². The molecule has 31 heavy (non-hydrogen) atoms. The van der Waals surface area contributed by atoms with E-state index in [1.807, 2.05) is 6.07 Å². The minimum Gasteiger partial charge on any atom is -0.379 e. The molecule has 2 fully saturated rings. The van der Waals surface area contributed by atoms with Crippen molar-refractivity contribution in [2.45, 2.75) is 70.0 Å². The summed E-state index contributed by atoms with van der Waals surface area (Å²) in [5, 5.41) is 0. The molecular weight excluding hydrogens is 412 g/mol. The van der Waals surface area contributed by atoms with Crippen molar-refractivity contribution in [1.29, 1.82) is 0 Å². The molecule has 2 aromatic rings. The lowest BCUT2D eigenvalue weighted by molar-refractivity contribution is 0.0730. The average molecular weight is 449 g/mol. The van der Waals surface area contributed by atoms with Gasteiger partial charge < -0.3 is 9.30 Å². The van der Waals surface area contributed by atoms with Crippen molar-refractivity contribution < 1.29 is 13.2 Å². The van der Waals surface area contributed by atoms with Gasteiger partial charge in [0.25, 0.3) is 0 Å². The molecule has 0 amide bonds. The van der Waals surface area contributed by atoms with Gasteiger partial charge in [0.15, 0.2) is 0 Å². The quantitative estimate of drug-likeness (QED) is 0.649. The highest BCUT2D eigenvalue weighted by atomic mass is 32.2. The normalized spacial score (nSPS) is 23.6. The molecule has 0 atom stereocenters. The zero-order chi connectivity index (χ0) is 22.0. The van der Waals surface area contributed by atoms with Gasteiger partial charge >= 0.3 is 0 Å². The lowest BCUT2D eigenvalue weighted by Gasteiger charge is -2.33. The van der Waals surface area contributed by atoms with Crippen molar-refractivity contribution in [2.24, 2.45) is 5.92 Å². The summed E-state index contributed by atoms with van der Waals surface area (Å²) in [6.07, 6.45) is 6.09. The predicted molar refractivity (Wildman–Crippen MR) is 122 cm³/mol. The number of fused-ring (bicyclic) bond motifs is 1. The second-order valence-corrected chi connectivity index (χ2v) is 11.1. The van der Waals surface area contributed by atoms with Crippen LogP contribution in [0.3, 0.4) is 0 Å². The Morgan fingerprint density at radius 3 is 2.55 bits per heavy atom. The Balaban J connectivity index is 1.61. The SMILES string of the molecule is CCCn1c(CN(C)C2CCC(C)CC2)nc2cc(S(=O)(=O)N3CCOCC3)ccc21. The number of aromatic nitrogens is 2. The van der Waals surface area contributed by atoms with Crippen LogP contribution < -0.4 is 0 Å². The number of imidazole rings is 1. The van der Waals surface area contributed by atoms with Crippen LogP contribution in [0.25, 0.3) is 11.0 Å². The maximum atomic E-state index is 13.1.